The Balaban J connectivity index is 1.62. The van der Waals surface area contributed by atoms with Gasteiger partial charge in [-0.3, -0.25) is 4.98 Å². The van der Waals surface area contributed by atoms with Crippen LogP contribution in [-0.2, 0) is 4.84 Å². The van der Waals surface area contributed by atoms with Gasteiger partial charge in [0.15, 0.2) is 6.61 Å². The van der Waals surface area contributed by atoms with Gasteiger partial charge in [0.1, 0.15) is 18.1 Å². The Labute approximate surface area is 151 Å². The van der Waals surface area contributed by atoms with Gasteiger partial charge < -0.3 is 9.57 Å². The minimum Gasteiger partial charge on any atom is -0.490 e. The lowest BCUT2D eigenvalue weighted by atomic mass is 10.0. The predicted octanol–water partition coefficient (Wildman–Crippen LogP) is 4.58. The molecule has 0 aliphatic heterocycles. The maximum atomic E-state index is 5.84. The minimum absolute atomic E-state index is 0.333. The minimum atomic E-state index is 0.333. The molecule has 0 amide bonds. The summed E-state index contributed by atoms with van der Waals surface area (Å²) in [6, 6.07) is 20.9. The van der Waals surface area contributed by atoms with Crippen molar-refractivity contribution in [2.24, 2.45) is 5.16 Å². The molecular weight excluding hydrogens is 336 g/mol. The number of pyridine rings is 1. The molecule has 3 rings (SSSR count). The normalized spacial score (nSPS) is 11.2. The smallest absolute Gasteiger partial charge is 0.151 e. The number of benzene rings is 2. The summed E-state index contributed by atoms with van der Waals surface area (Å²) in [7, 11) is 0. The average Bonchev–Trinajstić information content (AvgIpc) is 2.67. The van der Waals surface area contributed by atoms with Crippen molar-refractivity contribution in [3.8, 4) is 5.75 Å². The number of aromatic nitrogens is 1. The highest BCUT2D eigenvalue weighted by Gasteiger charge is 2.07. The third kappa shape index (κ3) is 5.06. The molecule has 5 heteroatoms. The van der Waals surface area contributed by atoms with Gasteiger partial charge in [-0.1, -0.05) is 47.1 Å². The van der Waals surface area contributed by atoms with E-state index in [1.807, 2.05) is 54.6 Å². The van der Waals surface area contributed by atoms with Crippen LogP contribution in [0.5, 0.6) is 5.75 Å². The molecule has 0 radical (unpaired) electrons. The van der Waals surface area contributed by atoms with Gasteiger partial charge in [-0.2, -0.15) is 0 Å². The molecule has 0 saturated carbocycles. The zero-order valence-corrected chi connectivity index (χ0v) is 14.3. The van der Waals surface area contributed by atoms with Gasteiger partial charge in [-0.25, -0.2) is 0 Å². The van der Waals surface area contributed by atoms with Crippen LogP contribution in [-0.4, -0.2) is 23.9 Å². The van der Waals surface area contributed by atoms with Crippen LogP contribution in [0.2, 0.25) is 5.02 Å². The molecule has 4 nitrogen and oxygen atoms in total. The highest BCUT2D eigenvalue weighted by Crippen LogP contribution is 2.15. The van der Waals surface area contributed by atoms with Crippen molar-refractivity contribution in [1.82, 2.24) is 4.98 Å². The number of nitrogens with zero attached hydrogens (tertiary/aromatic N) is 2. The first-order chi connectivity index (χ1) is 12.3. The number of oxime groups is 1. The highest BCUT2D eigenvalue weighted by molar-refractivity contribution is 6.30. The van der Waals surface area contributed by atoms with Crippen molar-refractivity contribution >= 4 is 17.3 Å². The van der Waals surface area contributed by atoms with E-state index in [-0.39, 0.29) is 0 Å². The van der Waals surface area contributed by atoms with Gasteiger partial charge in [-0.05, 0) is 36.4 Å². The van der Waals surface area contributed by atoms with Gasteiger partial charge in [0, 0.05) is 28.5 Å². The van der Waals surface area contributed by atoms with Crippen LogP contribution >= 0.6 is 11.6 Å². The second-order valence-electron chi connectivity index (χ2n) is 5.18. The molecule has 0 unspecified atom stereocenters. The van der Waals surface area contributed by atoms with Crippen molar-refractivity contribution < 1.29 is 9.57 Å². The molecule has 0 atom stereocenters. The average molecular weight is 353 g/mol. The topological polar surface area (TPSA) is 43.7 Å². The van der Waals surface area contributed by atoms with E-state index in [0.29, 0.717) is 18.2 Å². The summed E-state index contributed by atoms with van der Waals surface area (Å²) in [5.74, 6) is 0.743. The summed E-state index contributed by atoms with van der Waals surface area (Å²) in [6.45, 7) is 0.722. The Bertz CT molecular complexity index is 765. The van der Waals surface area contributed by atoms with Crippen LogP contribution in [0.3, 0.4) is 0 Å². The molecule has 126 valence electrons. The van der Waals surface area contributed by atoms with Crippen LogP contribution < -0.4 is 4.74 Å². The largest absolute Gasteiger partial charge is 0.490 e. The number of hydrogen-bond acceptors (Lipinski definition) is 4. The molecule has 0 spiro atoms. The quantitative estimate of drug-likeness (QED) is 0.355. The molecule has 25 heavy (non-hydrogen) atoms. The van der Waals surface area contributed by atoms with Gasteiger partial charge in [0.05, 0.1) is 0 Å². The Morgan fingerprint density at radius 2 is 1.64 bits per heavy atom. The van der Waals surface area contributed by atoms with Crippen molar-refractivity contribution in [2.45, 2.75) is 0 Å². The summed E-state index contributed by atoms with van der Waals surface area (Å²) in [6.07, 6.45) is 3.49. The van der Waals surface area contributed by atoms with Crippen molar-refractivity contribution in [3.05, 3.63) is 95.3 Å². The van der Waals surface area contributed by atoms with Crippen molar-refractivity contribution in [3.63, 3.8) is 0 Å². The molecule has 2 aromatic carbocycles. The fraction of sp³-hybridized carbons (Fsp3) is 0.100. The number of rotatable bonds is 7. The predicted molar refractivity (Wildman–Crippen MR) is 99.2 cm³/mol. The standard InChI is InChI=1S/C20H17ClN2O2/c21-18-8-10-19(11-9-18)24-13-14-25-23-20(16-5-2-1-3-6-16)17-7-4-12-22-15-17/h1-12,15H,13-14H2. The Hall–Kier alpha value is -2.85. The summed E-state index contributed by atoms with van der Waals surface area (Å²) in [5, 5.41) is 4.96. The van der Waals surface area contributed by atoms with Gasteiger partial charge >= 0.3 is 0 Å². The number of ether oxygens (including phenoxy) is 1. The maximum Gasteiger partial charge on any atom is 0.151 e. The first-order valence-electron chi connectivity index (χ1n) is 7.87. The van der Waals surface area contributed by atoms with Crippen LogP contribution in [0.4, 0.5) is 0 Å². The fourth-order valence-electron chi connectivity index (χ4n) is 2.21. The van der Waals surface area contributed by atoms with E-state index in [1.54, 1.807) is 24.5 Å². The van der Waals surface area contributed by atoms with E-state index in [9.17, 15) is 0 Å². The first-order valence-corrected chi connectivity index (χ1v) is 8.25. The van der Waals surface area contributed by atoms with Crippen LogP contribution in [0.25, 0.3) is 0 Å². The van der Waals surface area contributed by atoms with E-state index < -0.39 is 0 Å². The molecule has 1 heterocycles. The Morgan fingerprint density at radius 3 is 2.36 bits per heavy atom. The Kier molecular flexibility index (Phi) is 6.01. The zero-order valence-electron chi connectivity index (χ0n) is 13.5. The second kappa shape index (κ2) is 8.85. The lowest BCUT2D eigenvalue weighted by Crippen LogP contribution is -2.08. The SMILES string of the molecule is Clc1ccc(OCCON=C(c2ccccc2)c2cccnc2)cc1. The molecule has 3 aromatic rings. The number of halogens is 1. The number of hydrogen-bond donors (Lipinski definition) is 0. The van der Waals surface area contributed by atoms with Gasteiger partial charge in [-0.15, -0.1) is 0 Å². The van der Waals surface area contributed by atoms with Crippen LogP contribution in [0.1, 0.15) is 11.1 Å². The van der Waals surface area contributed by atoms with Gasteiger partial charge in [0.2, 0.25) is 0 Å². The maximum absolute atomic E-state index is 5.84. The van der Waals surface area contributed by atoms with Crippen molar-refractivity contribution in [2.75, 3.05) is 13.2 Å². The molecule has 0 aliphatic rings. The highest BCUT2D eigenvalue weighted by atomic mass is 35.5. The lowest BCUT2D eigenvalue weighted by molar-refractivity contribution is 0.107. The molecular formula is C20H17ClN2O2. The molecule has 0 bridgehead atoms. The van der Waals surface area contributed by atoms with E-state index in [0.717, 1.165) is 22.6 Å². The fourth-order valence-corrected chi connectivity index (χ4v) is 2.33. The van der Waals surface area contributed by atoms with E-state index in [2.05, 4.69) is 10.1 Å². The summed E-state index contributed by atoms with van der Waals surface area (Å²) >= 11 is 5.84. The van der Waals surface area contributed by atoms with E-state index >= 15 is 0 Å². The third-order valence-electron chi connectivity index (χ3n) is 3.40. The summed E-state index contributed by atoms with van der Waals surface area (Å²) in [5.41, 5.74) is 2.60. The van der Waals surface area contributed by atoms with E-state index in [1.165, 1.54) is 0 Å². The first kappa shape index (κ1) is 17.0. The summed E-state index contributed by atoms with van der Waals surface area (Å²) in [4.78, 5) is 9.61. The van der Waals surface area contributed by atoms with E-state index in [4.69, 9.17) is 21.2 Å². The lowest BCUT2D eigenvalue weighted by Gasteiger charge is -2.08. The molecule has 0 saturated heterocycles. The second-order valence-corrected chi connectivity index (χ2v) is 5.62. The summed E-state index contributed by atoms with van der Waals surface area (Å²) < 4.78 is 5.59. The molecule has 0 aliphatic carbocycles. The van der Waals surface area contributed by atoms with Gasteiger partial charge in [0.25, 0.3) is 0 Å². The van der Waals surface area contributed by atoms with Crippen molar-refractivity contribution in [1.29, 1.82) is 0 Å². The monoisotopic (exact) mass is 352 g/mol. The third-order valence-corrected chi connectivity index (χ3v) is 3.65. The molecule has 1 aromatic heterocycles. The van der Waals surface area contributed by atoms with Crippen LogP contribution in [0, 0.1) is 0 Å². The molecule has 0 fully saturated rings. The zero-order chi connectivity index (χ0) is 17.3. The molecule has 0 N–H and O–H groups in total. The Morgan fingerprint density at radius 1 is 0.880 bits per heavy atom. The van der Waals surface area contributed by atoms with Crippen LogP contribution in [0.15, 0.2) is 84.3 Å².